The Balaban J connectivity index is 2.71. The first-order valence-corrected chi connectivity index (χ1v) is 4.92. The van der Waals surface area contributed by atoms with Crippen LogP contribution in [0.4, 0.5) is 0 Å². The fraction of sp³-hybridized carbons (Fsp3) is 0.250. The molecule has 1 atom stereocenters. The fourth-order valence-corrected chi connectivity index (χ4v) is 1.37. The van der Waals surface area contributed by atoms with E-state index >= 15 is 0 Å². The molecule has 0 spiro atoms. The highest BCUT2D eigenvalue weighted by molar-refractivity contribution is 5.73. The van der Waals surface area contributed by atoms with Crippen LogP contribution < -0.4 is 5.32 Å². The van der Waals surface area contributed by atoms with Crippen LogP contribution in [0.5, 0.6) is 5.75 Å². The number of aromatic hydroxyl groups is 1. The smallest absolute Gasteiger partial charge is 0.217 e. The van der Waals surface area contributed by atoms with E-state index in [1.165, 1.54) is 6.92 Å². The Morgan fingerprint density at radius 3 is 2.44 bits per heavy atom. The standard InChI is InChI=1S/C12H15NO3/c1-8(14)12(13-9(2)15)7-10-3-5-11(16)6-4-10/h3-6,12,14,16H,1,7H2,2H3,(H,13,15). The first-order chi connectivity index (χ1) is 7.49. The van der Waals surface area contributed by atoms with E-state index in [-0.39, 0.29) is 17.4 Å². The van der Waals surface area contributed by atoms with Gasteiger partial charge in [-0.25, -0.2) is 0 Å². The molecule has 4 nitrogen and oxygen atoms in total. The molecule has 0 aliphatic heterocycles. The van der Waals surface area contributed by atoms with Crippen molar-refractivity contribution in [2.24, 2.45) is 0 Å². The van der Waals surface area contributed by atoms with Gasteiger partial charge in [0.15, 0.2) is 0 Å². The molecule has 0 heterocycles. The number of aliphatic hydroxyl groups is 1. The number of aliphatic hydroxyl groups excluding tert-OH is 1. The molecule has 0 saturated heterocycles. The van der Waals surface area contributed by atoms with Gasteiger partial charge < -0.3 is 15.5 Å². The predicted octanol–water partition coefficient (Wildman–Crippen LogP) is 1.51. The number of hydrogen-bond acceptors (Lipinski definition) is 3. The molecule has 1 aromatic rings. The maximum atomic E-state index is 10.9. The van der Waals surface area contributed by atoms with Crippen molar-refractivity contribution in [1.29, 1.82) is 0 Å². The number of phenols is 1. The van der Waals surface area contributed by atoms with Crippen molar-refractivity contribution in [2.45, 2.75) is 19.4 Å². The third-order valence-corrected chi connectivity index (χ3v) is 2.16. The molecule has 1 amide bonds. The van der Waals surface area contributed by atoms with Gasteiger partial charge in [0.05, 0.1) is 6.04 Å². The van der Waals surface area contributed by atoms with Gasteiger partial charge in [0.25, 0.3) is 0 Å². The Morgan fingerprint density at radius 1 is 1.44 bits per heavy atom. The minimum Gasteiger partial charge on any atom is -0.511 e. The topological polar surface area (TPSA) is 69.6 Å². The van der Waals surface area contributed by atoms with Crippen molar-refractivity contribution >= 4 is 5.91 Å². The highest BCUT2D eigenvalue weighted by Crippen LogP contribution is 2.12. The number of benzene rings is 1. The van der Waals surface area contributed by atoms with Crippen LogP contribution in [0.25, 0.3) is 0 Å². The summed E-state index contributed by atoms with van der Waals surface area (Å²) >= 11 is 0. The summed E-state index contributed by atoms with van der Waals surface area (Å²) in [6, 6.07) is 6.07. The number of rotatable bonds is 4. The molecule has 4 heteroatoms. The lowest BCUT2D eigenvalue weighted by atomic mass is 10.0. The van der Waals surface area contributed by atoms with Crippen LogP contribution in [0.1, 0.15) is 12.5 Å². The summed E-state index contributed by atoms with van der Waals surface area (Å²) in [5, 5.41) is 21.0. The predicted molar refractivity (Wildman–Crippen MR) is 61.2 cm³/mol. The van der Waals surface area contributed by atoms with E-state index in [4.69, 9.17) is 5.11 Å². The fourth-order valence-electron chi connectivity index (χ4n) is 1.37. The van der Waals surface area contributed by atoms with Crippen molar-refractivity contribution in [2.75, 3.05) is 0 Å². The molecule has 1 aromatic carbocycles. The number of carbonyl (C=O) groups excluding carboxylic acids is 1. The van der Waals surface area contributed by atoms with Crippen LogP contribution in [-0.4, -0.2) is 22.2 Å². The third kappa shape index (κ3) is 3.65. The molecule has 1 unspecified atom stereocenters. The zero-order valence-corrected chi connectivity index (χ0v) is 9.10. The molecular formula is C12H15NO3. The van der Waals surface area contributed by atoms with Gasteiger partial charge in [-0.15, -0.1) is 0 Å². The van der Waals surface area contributed by atoms with Gasteiger partial charge in [-0.1, -0.05) is 18.7 Å². The minimum atomic E-state index is -0.498. The van der Waals surface area contributed by atoms with Gasteiger partial charge in [-0.05, 0) is 24.1 Å². The lowest BCUT2D eigenvalue weighted by Crippen LogP contribution is -2.36. The molecule has 0 aliphatic carbocycles. The number of carbonyl (C=O) groups is 1. The summed E-state index contributed by atoms with van der Waals surface area (Å²) in [6.07, 6.45) is 0.440. The molecule has 1 rings (SSSR count). The second-order valence-corrected chi connectivity index (χ2v) is 3.62. The van der Waals surface area contributed by atoms with E-state index in [1.54, 1.807) is 24.3 Å². The lowest BCUT2D eigenvalue weighted by Gasteiger charge is -2.16. The molecule has 86 valence electrons. The number of amides is 1. The normalized spacial score (nSPS) is 11.8. The van der Waals surface area contributed by atoms with Crippen molar-refractivity contribution in [3.05, 3.63) is 42.2 Å². The second kappa shape index (κ2) is 5.21. The van der Waals surface area contributed by atoms with E-state index in [0.717, 1.165) is 5.56 Å². The summed E-state index contributed by atoms with van der Waals surface area (Å²) in [4.78, 5) is 10.9. The van der Waals surface area contributed by atoms with Crippen LogP contribution in [0.2, 0.25) is 0 Å². The summed E-state index contributed by atoms with van der Waals surface area (Å²) in [6.45, 7) is 4.80. The molecule has 16 heavy (non-hydrogen) atoms. The van der Waals surface area contributed by atoms with Crippen LogP contribution in [-0.2, 0) is 11.2 Å². The molecule has 3 N–H and O–H groups in total. The van der Waals surface area contributed by atoms with Gasteiger partial charge in [-0.2, -0.15) is 0 Å². The Hall–Kier alpha value is -1.97. The molecule has 0 aliphatic rings. The highest BCUT2D eigenvalue weighted by Gasteiger charge is 2.13. The number of hydrogen-bond donors (Lipinski definition) is 3. The Labute approximate surface area is 94.2 Å². The van der Waals surface area contributed by atoms with Gasteiger partial charge in [-0.3, -0.25) is 4.79 Å². The molecule has 0 saturated carbocycles. The molecule has 0 bridgehead atoms. The quantitative estimate of drug-likeness (QED) is 0.675. The van der Waals surface area contributed by atoms with Crippen LogP contribution in [0.15, 0.2) is 36.6 Å². The van der Waals surface area contributed by atoms with Crippen molar-refractivity contribution in [3.63, 3.8) is 0 Å². The maximum absolute atomic E-state index is 10.9. The van der Waals surface area contributed by atoms with Crippen molar-refractivity contribution in [1.82, 2.24) is 5.32 Å². The van der Waals surface area contributed by atoms with E-state index in [9.17, 15) is 9.90 Å². The molecule has 0 aromatic heterocycles. The summed E-state index contributed by atoms with van der Waals surface area (Å²) in [5.41, 5.74) is 0.895. The first-order valence-electron chi connectivity index (χ1n) is 4.92. The van der Waals surface area contributed by atoms with E-state index < -0.39 is 6.04 Å². The Bertz CT molecular complexity index is 384. The molecule has 0 radical (unpaired) electrons. The zero-order chi connectivity index (χ0) is 12.1. The largest absolute Gasteiger partial charge is 0.511 e. The second-order valence-electron chi connectivity index (χ2n) is 3.62. The third-order valence-electron chi connectivity index (χ3n) is 2.16. The van der Waals surface area contributed by atoms with Crippen LogP contribution in [0.3, 0.4) is 0 Å². The summed E-state index contributed by atoms with van der Waals surface area (Å²) in [5.74, 6) is -0.120. The monoisotopic (exact) mass is 221 g/mol. The molecular weight excluding hydrogens is 206 g/mol. The van der Waals surface area contributed by atoms with Crippen LogP contribution in [0, 0.1) is 0 Å². The maximum Gasteiger partial charge on any atom is 0.217 e. The SMILES string of the molecule is C=C(O)C(Cc1ccc(O)cc1)NC(C)=O. The van der Waals surface area contributed by atoms with Crippen molar-refractivity contribution < 1.29 is 15.0 Å². The first kappa shape index (κ1) is 12.1. The van der Waals surface area contributed by atoms with Gasteiger partial charge in [0, 0.05) is 6.92 Å². The van der Waals surface area contributed by atoms with Gasteiger partial charge >= 0.3 is 0 Å². The highest BCUT2D eigenvalue weighted by atomic mass is 16.3. The minimum absolute atomic E-state index is 0.0803. The van der Waals surface area contributed by atoms with Gasteiger partial charge in [0.1, 0.15) is 11.5 Å². The van der Waals surface area contributed by atoms with Gasteiger partial charge in [0.2, 0.25) is 5.91 Å². The Morgan fingerprint density at radius 2 is 2.00 bits per heavy atom. The van der Waals surface area contributed by atoms with Crippen molar-refractivity contribution in [3.8, 4) is 5.75 Å². The Kier molecular flexibility index (Phi) is 3.94. The number of phenolic OH excluding ortho intramolecular Hbond substituents is 1. The average Bonchev–Trinajstić information content (AvgIpc) is 2.19. The molecule has 0 fully saturated rings. The van der Waals surface area contributed by atoms with Crippen LogP contribution >= 0.6 is 0 Å². The van der Waals surface area contributed by atoms with E-state index in [0.29, 0.717) is 6.42 Å². The summed E-state index contributed by atoms with van der Waals surface area (Å²) in [7, 11) is 0. The number of nitrogens with one attached hydrogen (secondary N) is 1. The lowest BCUT2D eigenvalue weighted by molar-refractivity contribution is -0.119. The van der Waals surface area contributed by atoms with E-state index in [1.807, 2.05) is 0 Å². The average molecular weight is 221 g/mol. The summed E-state index contributed by atoms with van der Waals surface area (Å²) < 4.78 is 0. The van der Waals surface area contributed by atoms with E-state index in [2.05, 4.69) is 11.9 Å². The zero-order valence-electron chi connectivity index (χ0n) is 9.10.